The molecule has 0 aromatic heterocycles. The van der Waals surface area contributed by atoms with Crippen molar-refractivity contribution in [2.45, 2.75) is 38.6 Å². The maximum atomic E-state index is 12.2. The first-order valence-electron chi connectivity index (χ1n) is 7.16. The van der Waals surface area contributed by atoms with Crippen molar-refractivity contribution in [1.82, 2.24) is 5.32 Å². The first kappa shape index (κ1) is 17.5. The van der Waals surface area contributed by atoms with E-state index in [2.05, 4.69) is 22.3 Å². The molecular weight excluding hydrogens is 284 g/mol. The predicted molar refractivity (Wildman–Crippen MR) is 82.7 cm³/mol. The number of nitrogens with zero attached hydrogens (tertiary/aromatic N) is 3. The lowest BCUT2D eigenvalue weighted by Gasteiger charge is -2.16. The minimum Gasteiger partial charge on any atom is -0.467 e. The summed E-state index contributed by atoms with van der Waals surface area (Å²) in [5, 5.41) is 6.11. The third-order valence-corrected chi connectivity index (χ3v) is 3.16. The van der Waals surface area contributed by atoms with E-state index in [1.54, 1.807) is 18.2 Å². The van der Waals surface area contributed by atoms with Gasteiger partial charge in [-0.2, -0.15) is 0 Å². The van der Waals surface area contributed by atoms with E-state index in [9.17, 15) is 9.59 Å². The van der Waals surface area contributed by atoms with E-state index in [0.717, 1.165) is 19.3 Å². The highest BCUT2D eigenvalue weighted by atomic mass is 16.5. The number of amides is 1. The zero-order chi connectivity index (χ0) is 16.4. The molecule has 1 aromatic carbocycles. The Hall–Kier alpha value is -2.53. The van der Waals surface area contributed by atoms with Crippen molar-refractivity contribution in [3.05, 3.63) is 40.3 Å². The largest absolute Gasteiger partial charge is 0.467 e. The van der Waals surface area contributed by atoms with Crippen LogP contribution < -0.4 is 5.32 Å². The van der Waals surface area contributed by atoms with Crippen molar-refractivity contribution < 1.29 is 14.3 Å². The number of hydrogen-bond donors (Lipinski definition) is 1. The van der Waals surface area contributed by atoms with Gasteiger partial charge in [-0.05, 0) is 24.1 Å². The van der Waals surface area contributed by atoms with Gasteiger partial charge in [0.15, 0.2) is 0 Å². The van der Waals surface area contributed by atoms with Crippen LogP contribution in [0.3, 0.4) is 0 Å². The Morgan fingerprint density at radius 2 is 2.18 bits per heavy atom. The van der Waals surface area contributed by atoms with Gasteiger partial charge in [-0.3, -0.25) is 4.79 Å². The lowest BCUT2D eigenvalue weighted by molar-refractivity contribution is -0.143. The van der Waals surface area contributed by atoms with Gasteiger partial charge in [-0.25, -0.2) is 4.79 Å². The molecule has 22 heavy (non-hydrogen) atoms. The maximum absolute atomic E-state index is 12.2. The molecule has 0 fully saturated rings. The number of ether oxygens (including phenoxy) is 1. The zero-order valence-electron chi connectivity index (χ0n) is 12.8. The van der Waals surface area contributed by atoms with Gasteiger partial charge in [-0.1, -0.05) is 43.4 Å². The van der Waals surface area contributed by atoms with Crippen molar-refractivity contribution in [2.24, 2.45) is 5.11 Å². The quantitative estimate of drug-likeness (QED) is 0.261. The Balaban J connectivity index is 2.78. The molecule has 1 atom stereocenters. The van der Waals surface area contributed by atoms with E-state index in [4.69, 9.17) is 10.3 Å². The fourth-order valence-corrected chi connectivity index (χ4v) is 1.99. The molecule has 0 aliphatic carbocycles. The van der Waals surface area contributed by atoms with Crippen LogP contribution in [0.15, 0.2) is 29.4 Å². The first-order chi connectivity index (χ1) is 10.6. The summed E-state index contributed by atoms with van der Waals surface area (Å²) in [6.07, 6.45) is 3.36. The van der Waals surface area contributed by atoms with E-state index >= 15 is 0 Å². The van der Waals surface area contributed by atoms with Crippen LogP contribution in [0.25, 0.3) is 10.4 Å². The number of carbonyl (C=O) groups is 2. The second-order valence-electron chi connectivity index (χ2n) is 4.78. The van der Waals surface area contributed by atoms with Gasteiger partial charge in [0, 0.05) is 16.2 Å². The molecule has 0 unspecified atom stereocenters. The van der Waals surface area contributed by atoms with Crippen LogP contribution in [0.5, 0.6) is 0 Å². The Morgan fingerprint density at radius 1 is 1.41 bits per heavy atom. The summed E-state index contributed by atoms with van der Waals surface area (Å²) in [7, 11) is 1.30. The molecule has 1 N–H and O–H groups in total. The Morgan fingerprint density at radius 3 is 2.82 bits per heavy atom. The zero-order valence-corrected chi connectivity index (χ0v) is 12.8. The molecule has 0 saturated carbocycles. The SMILES string of the molecule is CCCCC[C@H](NC(=O)c1cccc(N=[N+]=[N-])c1)C(=O)OC. The summed E-state index contributed by atoms with van der Waals surface area (Å²) in [6, 6.07) is 5.59. The molecule has 0 aliphatic rings. The average Bonchev–Trinajstić information content (AvgIpc) is 2.53. The predicted octanol–water partition coefficient (Wildman–Crippen LogP) is 3.48. The number of nitrogens with one attached hydrogen (secondary N) is 1. The number of carbonyl (C=O) groups excluding carboxylic acids is 2. The van der Waals surface area contributed by atoms with Gasteiger partial charge in [0.2, 0.25) is 0 Å². The molecule has 7 heteroatoms. The molecule has 0 heterocycles. The average molecular weight is 304 g/mol. The third kappa shape index (κ3) is 5.46. The molecular formula is C15H20N4O3. The molecule has 7 nitrogen and oxygen atoms in total. The van der Waals surface area contributed by atoms with Crippen LogP contribution in [0.2, 0.25) is 0 Å². The van der Waals surface area contributed by atoms with Crippen molar-refractivity contribution >= 4 is 17.6 Å². The molecule has 118 valence electrons. The lowest BCUT2D eigenvalue weighted by atomic mass is 10.1. The van der Waals surface area contributed by atoms with Gasteiger partial charge in [0.1, 0.15) is 6.04 Å². The number of benzene rings is 1. The second-order valence-corrected chi connectivity index (χ2v) is 4.78. The minimum atomic E-state index is -0.674. The number of hydrogen-bond acceptors (Lipinski definition) is 4. The fourth-order valence-electron chi connectivity index (χ4n) is 1.99. The lowest BCUT2D eigenvalue weighted by Crippen LogP contribution is -2.41. The molecule has 1 rings (SSSR count). The smallest absolute Gasteiger partial charge is 0.328 e. The summed E-state index contributed by atoms with van der Waals surface area (Å²) in [6.45, 7) is 2.06. The molecule has 0 spiro atoms. The summed E-state index contributed by atoms with van der Waals surface area (Å²) in [5.41, 5.74) is 9.09. The summed E-state index contributed by atoms with van der Waals surface area (Å²) in [4.78, 5) is 26.6. The van der Waals surface area contributed by atoms with Crippen molar-refractivity contribution in [3.8, 4) is 0 Å². The summed E-state index contributed by atoms with van der Waals surface area (Å²) >= 11 is 0. The van der Waals surface area contributed by atoms with Gasteiger partial charge in [0.05, 0.1) is 7.11 Å². The van der Waals surface area contributed by atoms with Gasteiger partial charge in [0.25, 0.3) is 5.91 Å². The van der Waals surface area contributed by atoms with Crippen molar-refractivity contribution in [3.63, 3.8) is 0 Å². The Kier molecular flexibility index (Phi) is 7.50. The highest BCUT2D eigenvalue weighted by Crippen LogP contribution is 2.15. The molecule has 1 aromatic rings. The second kappa shape index (κ2) is 9.41. The highest BCUT2D eigenvalue weighted by molar-refractivity contribution is 5.97. The van der Waals surface area contributed by atoms with Crippen LogP contribution in [0.1, 0.15) is 43.0 Å². The van der Waals surface area contributed by atoms with E-state index < -0.39 is 17.9 Å². The van der Waals surface area contributed by atoms with Gasteiger partial charge in [-0.15, -0.1) is 0 Å². The van der Waals surface area contributed by atoms with Crippen LogP contribution in [-0.2, 0) is 9.53 Å². The fraction of sp³-hybridized carbons (Fsp3) is 0.467. The number of azide groups is 1. The van der Waals surface area contributed by atoms with E-state index in [1.165, 1.54) is 13.2 Å². The van der Waals surface area contributed by atoms with Crippen LogP contribution in [-0.4, -0.2) is 25.0 Å². The highest BCUT2D eigenvalue weighted by Gasteiger charge is 2.21. The van der Waals surface area contributed by atoms with Crippen LogP contribution in [0, 0.1) is 0 Å². The van der Waals surface area contributed by atoms with E-state index in [0.29, 0.717) is 17.7 Å². The van der Waals surface area contributed by atoms with Crippen LogP contribution >= 0.6 is 0 Å². The molecule has 0 aliphatic heterocycles. The topological polar surface area (TPSA) is 104 Å². The first-order valence-corrected chi connectivity index (χ1v) is 7.16. The van der Waals surface area contributed by atoms with E-state index in [-0.39, 0.29) is 0 Å². The normalized spacial score (nSPS) is 11.2. The molecule has 1 amide bonds. The minimum absolute atomic E-state index is 0.328. The van der Waals surface area contributed by atoms with Crippen molar-refractivity contribution in [1.29, 1.82) is 0 Å². The van der Waals surface area contributed by atoms with Gasteiger partial charge < -0.3 is 10.1 Å². The molecule has 0 radical (unpaired) electrons. The van der Waals surface area contributed by atoms with Gasteiger partial charge >= 0.3 is 5.97 Å². The third-order valence-electron chi connectivity index (χ3n) is 3.16. The maximum Gasteiger partial charge on any atom is 0.328 e. The number of rotatable bonds is 8. The summed E-state index contributed by atoms with van der Waals surface area (Å²) < 4.78 is 4.72. The Bertz CT molecular complexity index is 568. The summed E-state index contributed by atoms with van der Waals surface area (Å²) in [5.74, 6) is -0.863. The molecule has 0 saturated heterocycles. The number of unbranched alkanes of at least 4 members (excludes halogenated alkanes) is 2. The standard InChI is InChI=1S/C15H20N4O3/c1-3-4-5-9-13(15(21)22-2)17-14(20)11-7-6-8-12(10-11)18-19-16/h6-8,10,13H,3-5,9H2,1-2H3,(H,17,20)/t13-/m0/s1. The van der Waals surface area contributed by atoms with Crippen molar-refractivity contribution in [2.75, 3.05) is 7.11 Å². The monoisotopic (exact) mass is 304 g/mol. The van der Waals surface area contributed by atoms with E-state index in [1.807, 2.05) is 0 Å². The number of esters is 1. The molecule has 0 bridgehead atoms. The van der Waals surface area contributed by atoms with Crippen LogP contribution in [0.4, 0.5) is 5.69 Å². The Labute approximate surface area is 129 Å². The number of methoxy groups -OCH3 is 1.